The quantitative estimate of drug-likeness (QED) is 0.677. The second kappa shape index (κ2) is 5.02. The van der Waals surface area contributed by atoms with Gasteiger partial charge in [-0.3, -0.25) is 9.59 Å². The van der Waals surface area contributed by atoms with Gasteiger partial charge in [0, 0.05) is 30.2 Å². The molecule has 2 fully saturated rings. The first kappa shape index (κ1) is 15.3. The minimum Gasteiger partial charge on any atom is -0.334 e. The van der Waals surface area contributed by atoms with Gasteiger partial charge in [-0.05, 0) is 53.4 Å². The largest absolute Gasteiger partial charge is 0.334 e. The van der Waals surface area contributed by atoms with E-state index in [9.17, 15) is 9.59 Å². The summed E-state index contributed by atoms with van der Waals surface area (Å²) >= 11 is 0. The lowest BCUT2D eigenvalue weighted by Crippen LogP contribution is -2.67. The van der Waals surface area contributed by atoms with Gasteiger partial charge in [-0.15, -0.1) is 0 Å². The maximum atomic E-state index is 12.7. The van der Waals surface area contributed by atoms with E-state index >= 15 is 0 Å². The molecule has 20 heavy (non-hydrogen) atoms. The molecule has 0 unspecified atom stereocenters. The van der Waals surface area contributed by atoms with Crippen LogP contribution < -0.4 is 5.73 Å². The number of hydrogen-bond acceptors (Lipinski definition) is 3. The zero-order valence-corrected chi connectivity index (χ0v) is 13.1. The Morgan fingerprint density at radius 3 is 1.85 bits per heavy atom. The molecule has 0 radical (unpaired) electrons. The Morgan fingerprint density at radius 2 is 1.40 bits per heavy atom. The molecule has 0 atom stereocenters. The van der Waals surface area contributed by atoms with Crippen molar-refractivity contribution >= 4 is 11.8 Å². The fourth-order valence-electron chi connectivity index (χ4n) is 4.06. The van der Waals surface area contributed by atoms with Gasteiger partial charge in [0.05, 0.1) is 0 Å². The first-order valence-electron chi connectivity index (χ1n) is 7.54. The van der Waals surface area contributed by atoms with Crippen LogP contribution in [0.5, 0.6) is 0 Å². The number of hydrogen-bond donors (Lipinski definition) is 1. The van der Waals surface area contributed by atoms with Crippen LogP contribution in [0.15, 0.2) is 0 Å². The summed E-state index contributed by atoms with van der Waals surface area (Å²) in [6.07, 6.45) is 3.46. The van der Waals surface area contributed by atoms with Gasteiger partial charge in [-0.2, -0.15) is 0 Å². The molecule has 0 aromatic carbocycles. The molecule has 2 aliphatic rings. The highest BCUT2D eigenvalue weighted by atomic mass is 16.2. The molecule has 2 N–H and O–H groups in total. The number of carbonyl (C=O) groups excluding carboxylic acids is 2. The van der Waals surface area contributed by atoms with Crippen molar-refractivity contribution in [2.24, 2.45) is 5.73 Å². The lowest BCUT2D eigenvalue weighted by Gasteiger charge is -2.54. The second-order valence-corrected chi connectivity index (χ2v) is 7.43. The standard InChI is InChI=1S/C15H27N3O2/c1-14(2)9-11(16)10-15(3,4)18(14)13(20)12(19)17-7-5-6-8-17/h11H,5-10,16H2,1-4H3. The Bertz CT molecular complexity index is 393. The summed E-state index contributed by atoms with van der Waals surface area (Å²) in [5, 5.41) is 0. The minimum absolute atomic E-state index is 0.0749. The fourth-order valence-corrected chi connectivity index (χ4v) is 4.06. The Hall–Kier alpha value is -1.10. The van der Waals surface area contributed by atoms with Gasteiger partial charge in [0.25, 0.3) is 0 Å². The van der Waals surface area contributed by atoms with Crippen molar-refractivity contribution in [3.05, 3.63) is 0 Å². The highest BCUT2D eigenvalue weighted by Gasteiger charge is 2.49. The van der Waals surface area contributed by atoms with E-state index in [1.54, 1.807) is 9.80 Å². The molecule has 0 aromatic rings. The Kier molecular flexibility index (Phi) is 3.84. The first-order chi connectivity index (χ1) is 9.15. The number of amides is 2. The van der Waals surface area contributed by atoms with Crippen LogP contribution in [0.25, 0.3) is 0 Å². The first-order valence-corrected chi connectivity index (χ1v) is 7.54. The number of carbonyl (C=O) groups is 2. The summed E-state index contributed by atoms with van der Waals surface area (Å²) in [7, 11) is 0. The fraction of sp³-hybridized carbons (Fsp3) is 0.867. The molecule has 0 saturated carbocycles. The van der Waals surface area contributed by atoms with E-state index in [4.69, 9.17) is 5.73 Å². The normalized spacial score (nSPS) is 25.9. The van der Waals surface area contributed by atoms with Gasteiger partial charge in [0.15, 0.2) is 0 Å². The van der Waals surface area contributed by atoms with Crippen molar-refractivity contribution in [1.29, 1.82) is 0 Å². The van der Waals surface area contributed by atoms with E-state index < -0.39 is 0 Å². The van der Waals surface area contributed by atoms with Crippen molar-refractivity contribution in [2.45, 2.75) is 70.5 Å². The molecule has 5 nitrogen and oxygen atoms in total. The van der Waals surface area contributed by atoms with E-state index in [2.05, 4.69) is 0 Å². The number of nitrogens with two attached hydrogens (primary N) is 1. The predicted molar refractivity (Wildman–Crippen MR) is 78.0 cm³/mol. The summed E-state index contributed by atoms with van der Waals surface area (Å²) in [6.45, 7) is 9.43. The SMILES string of the molecule is CC1(C)CC(N)CC(C)(C)N1C(=O)C(=O)N1CCCC1. The lowest BCUT2D eigenvalue weighted by molar-refractivity contribution is -0.163. The van der Waals surface area contributed by atoms with Gasteiger partial charge in [-0.25, -0.2) is 0 Å². The van der Waals surface area contributed by atoms with E-state index in [0.717, 1.165) is 25.7 Å². The molecular formula is C15H27N3O2. The molecule has 2 aliphatic heterocycles. The third kappa shape index (κ3) is 2.68. The monoisotopic (exact) mass is 281 g/mol. The summed E-state index contributed by atoms with van der Waals surface area (Å²) in [5.41, 5.74) is 5.35. The van der Waals surface area contributed by atoms with E-state index in [1.807, 2.05) is 27.7 Å². The zero-order chi connectivity index (χ0) is 15.1. The van der Waals surface area contributed by atoms with Gasteiger partial charge >= 0.3 is 11.8 Å². The van der Waals surface area contributed by atoms with Crippen LogP contribution in [0.1, 0.15) is 53.4 Å². The molecule has 2 saturated heterocycles. The molecule has 0 spiro atoms. The molecule has 2 heterocycles. The van der Waals surface area contributed by atoms with Crippen molar-refractivity contribution in [1.82, 2.24) is 9.80 Å². The van der Waals surface area contributed by atoms with Crippen molar-refractivity contribution in [3.63, 3.8) is 0 Å². The summed E-state index contributed by atoms with van der Waals surface area (Å²) in [5.74, 6) is -0.715. The topological polar surface area (TPSA) is 66.6 Å². The van der Waals surface area contributed by atoms with Crippen LogP contribution >= 0.6 is 0 Å². The van der Waals surface area contributed by atoms with E-state index in [-0.39, 0.29) is 28.9 Å². The average molecular weight is 281 g/mol. The molecule has 0 bridgehead atoms. The highest BCUT2D eigenvalue weighted by Crippen LogP contribution is 2.38. The van der Waals surface area contributed by atoms with Gasteiger partial charge in [0.1, 0.15) is 0 Å². The number of piperidine rings is 1. The Morgan fingerprint density at radius 1 is 0.950 bits per heavy atom. The average Bonchev–Trinajstić information content (AvgIpc) is 2.76. The van der Waals surface area contributed by atoms with Crippen LogP contribution in [0.3, 0.4) is 0 Å². The molecule has 0 aromatic heterocycles. The van der Waals surface area contributed by atoms with Crippen LogP contribution in [0.2, 0.25) is 0 Å². The summed E-state index contributed by atoms with van der Waals surface area (Å²) < 4.78 is 0. The molecule has 5 heteroatoms. The van der Waals surface area contributed by atoms with Crippen molar-refractivity contribution in [3.8, 4) is 0 Å². The summed E-state index contributed by atoms with van der Waals surface area (Å²) in [4.78, 5) is 28.6. The Labute approximate surface area is 121 Å². The van der Waals surface area contributed by atoms with Crippen molar-refractivity contribution in [2.75, 3.05) is 13.1 Å². The predicted octanol–water partition coefficient (Wildman–Crippen LogP) is 1.12. The molecule has 114 valence electrons. The third-order valence-corrected chi connectivity index (χ3v) is 4.51. The second-order valence-electron chi connectivity index (χ2n) is 7.43. The molecular weight excluding hydrogens is 254 g/mol. The van der Waals surface area contributed by atoms with E-state index in [1.165, 1.54) is 0 Å². The minimum atomic E-state index is -0.381. The maximum absolute atomic E-state index is 12.7. The van der Waals surface area contributed by atoms with Crippen LogP contribution in [0, 0.1) is 0 Å². The molecule has 2 amide bonds. The smallest absolute Gasteiger partial charge is 0.312 e. The zero-order valence-electron chi connectivity index (χ0n) is 13.1. The number of rotatable bonds is 0. The number of likely N-dealkylation sites (tertiary alicyclic amines) is 2. The van der Waals surface area contributed by atoms with E-state index in [0.29, 0.717) is 13.1 Å². The maximum Gasteiger partial charge on any atom is 0.312 e. The van der Waals surface area contributed by atoms with Crippen LogP contribution in [0.4, 0.5) is 0 Å². The molecule has 0 aliphatic carbocycles. The lowest BCUT2D eigenvalue weighted by atomic mass is 9.77. The Balaban J connectivity index is 2.23. The van der Waals surface area contributed by atoms with Gasteiger partial charge in [0.2, 0.25) is 0 Å². The highest BCUT2D eigenvalue weighted by molar-refractivity contribution is 6.35. The van der Waals surface area contributed by atoms with Gasteiger partial charge in [-0.1, -0.05) is 0 Å². The molecule has 2 rings (SSSR count). The van der Waals surface area contributed by atoms with Gasteiger partial charge < -0.3 is 15.5 Å². The third-order valence-electron chi connectivity index (χ3n) is 4.51. The van der Waals surface area contributed by atoms with Crippen LogP contribution in [-0.4, -0.2) is 51.8 Å². The van der Waals surface area contributed by atoms with Crippen molar-refractivity contribution < 1.29 is 9.59 Å². The number of nitrogens with zero attached hydrogens (tertiary/aromatic N) is 2. The van der Waals surface area contributed by atoms with Crippen LogP contribution in [-0.2, 0) is 9.59 Å². The summed E-state index contributed by atoms with van der Waals surface area (Å²) in [6, 6.07) is 0.0749.